The molecule has 0 unspecified atom stereocenters. The Hall–Kier alpha value is -1.39. The van der Waals surface area contributed by atoms with Crippen molar-refractivity contribution < 1.29 is 19.1 Å². The molecule has 0 N–H and O–H groups in total. The van der Waals surface area contributed by atoms with E-state index in [9.17, 15) is 9.59 Å². The molecule has 0 aromatic heterocycles. The number of methoxy groups -OCH3 is 2. The average molecular weight is 215 g/mol. The summed E-state index contributed by atoms with van der Waals surface area (Å²) in [7, 11) is 2.70. The molecule has 15 heavy (non-hydrogen) atoms. The lowest BCUT2D eigenvalue weighted by Gasteiger charge is -2.00. The zero-order valence-corrected chi connectivity index (χ0v) is 9.41. The van der Waals surface area contributed by atoms with Gasteiger partial charge in [-0.1, -0.05) is 0 Å². The van der Waals surface area contributed by atoms with E-state index in [2.05, 4.69) is 14.5 Å². The van der Waals surface area contributed by atoms with Crippen molar-refractivity contribution in [2.75, 3.05) is 20.8 Å². The number of hydrogen-bond donors (Lipinski definition) is 0. The van der Waals surface area contributed by atoms with Crippen molar-refractivity contribution in [3.63, 3.8) is 0 Å². The molecule has 0 atom stereocenters. The van der Waals surface area contributed by atoms with Crippen LogP contribution < -0.4 is 0 Å². The first-order valence-electron chi connectivity index (χ1n) is 4.73. The number of aliphatic imine (C=N–C) groups is 1. The maximum atomic E-state index is 10.8. The first kappa shape index (κ1) is 13.6. The third kappa shape index (κ3) is 7.66. The van der Waals surface area contributed by atoms with Gasteiger partial charge in [0.25, 0.3) is 0 Å². The second kappa shape index (κ2) is 7.96. The highest BCUT2D eigenvalue weighted by Gasteiger charge is 2.02. The quantitative estimate of drug-likeness (QED) is 0.489. The molecule has 0 saturated carbocycles. The zero-order chi connectivity index (χ0) is 11.7. The summed E-state index contributed by atoms with van der Waals surface area (Å²) in [6, 6.07) is 0. The fourth-order valence-corrected chi connectivity index (χ4v) is 0.904. The van der Waals surface area contributed by atoms with Crippen LogP contribution >= 0.6 is 0 Å². The van der Waals surface area contributed by atoms with E-state index in [4.69, 9.17) is 0 Å². The van der Waals surface area contributed by atoms with Crippen molar-refractivity contribution in [1.29, 1.82) is 0 Å². The van der Waals surface area contributed by atoms with Crippen LogP contribution in [-0.4, -0.2) is 38.4 Å². The van der Waals surface area contributed by atoms with Crippen molar-refractivity contribution in [3.05, 3.63) is 0 Å². The number of rotatable bonds is 6. The lowest BCUT2D eigenvalue weighted by atomic mass is 10.2. The van der Waals surface area contributed by atoms with Crippen LogP contribution in [-0.2, 0) is 19.1 Å². The van der Waals surface area contributed by atoms with E-state index in [1.807, 2.05) is 6.92 Å². The smallest absolute Gasteiger partial charge is 0.307 e. The van der Waals surface area contributed by atoms with E-state index in [0.717, 1.165) is 5.71 Å². The normalized spacial score (nSPS) is 11.0. The van der Waals surface area contributed by atoms with Gasteiger partial charge in [0.15, 0.2) is 0 Å². The second-order valence-electron chi connectivity index (χ2n) is 3.02. The summed E-state index contributed by atoms with van der Waals surface area (Å²) >= 11 is 0. The minimum Gasteiger partial charge on any atom is -0.469 e. The SMILES string of the molecule is COC(=O)CCN=C(C)CCC(=O)OC. The molecule has 0 heterocycles. The molecule has 0 aromatic carbocycles. The zero-order valence-electron chi connectivity index (χ0n) is 9.41. The van der Waals surface area contributed by atoms with Gasteiger partial charge in [0.2, 0.25) is 0 Å². The Morgan fingerprint density at radius 2 is 1.53 bits per heavy atom. The summed E-state index contributed by atoms with van der Waals surface area (Å²) in [5.41, 5.74) is 0.837. The molecular formula is C10H17NO4. The molecular weight excluding hydrogens is 198 g/mol. The maximum Gasteiger partial charge on any atom is 0.307 e. The highest BCUT2D eigenvalue weighted by molar-refractivity contribution is 5.85. The van der Waals surface area contributed by atoms with E-state index < -0.39 is 0 Å². The summed E-state index contributed by atoms with van der Waals surface area (Å²) in [6.07, 6.45) is 1.16. The van der Waals surface area contributed by atoms with Crippen molar-refractivity contribution in [1.82, 2.24) is 0 Å². The van der Waals surface area contributed by atoms with E-state index in [-0.39, 0.29) is 18.4 Å². The fourth-order valence-electron chi connectivity index (χ4n) is 0.904. The molecule has 5 heteroatoms. The van der Waals surface area contributed by atoms with Crippen LogP contribution in [0.15, 0.2) is 4.99 Å². The Morgan fingerprint density at radius 3 is 2.07 bits per heavy atom. The highest BCUT2D eigenvalue weighted by Crippen LogP contribution is 1.96. The first-order chi connectivity index (χ1) is 7.10. The second-order valence-corrected chi connectivity index (χ2v) is 3.02. The number of hydrogen-bond acceptors (Lipinski definition) is 5. The maximum absolute atomic E-state index is 10.8. The lowest BCUT2D eigenvalue weighted by Crippen LogP contribution is -2.05. The number of ether oxygens (including phenoxy) is 2. The van der Waals surface area contributed by atoms with Gasteiger partial charge in [-0.25, -0.2) is 0 Å². The predicted molar refractivity (Wildman–Crippen MR) is 55.9 cm³/mol. The van der Waals surface area contributed by atoms with Crippen LogP contribution in [0, 0.1) is 0 Å². The van der Waals surface area contributed by atoms with Crippen molar-refractivity contribution >= 4 is 17.7 Å². The minimum absolute atomic E-state index is 0.252. The van der Waals surface area contributed by atoms with E-state index in [1.54, 1.807) is 0 Å². The largest absolute Gasteiger partial charge is 0.469 e. The van der Waals surface area contributed by atoms with Gasteiger partial charge in [-0.15, -0.1) is 0 Å². The standard InChI is InChI=1S/C10H17NO4/c1-8(4-5-9(12)14-2)11-7-6-10(13)15-3/h4-7H2,1-3H3. The Bertz CT molecular complexity index is 248. The molecule has 0 radical (unpaired) electrons. The van der Waals surface area contributed by atoms with Gasteiger partial charge < -0.3 is 9.47 Å². The molecule has 0 aliphatic heterocycles. The van der Waals surface area contributed by atoms with Gasteiger partial charge in [-0.2, -0.15) is 0 Å². The number of carbonyl (C=O) groups excluding carboxylic acids is 2. The van der Waals surface area contributed by atoms with Gasteiger partial charge in [0, 0.05) is 12.3 Å². The van der Waals surface area contributed by atoms with Crippen molar-refractivity contribution in [2.45, 2.75) is 26.2 Å². The van der Waals surface area contributed by atoms with Crippen LogP contribution in [0.1, 0.15) is 26.2 Å². The average Bonchev–Trinajstić information content (AvgIpc) is 2.25. The molecule has 0 rings (SSSR count). The van der Waals surface area contributed by atoms with E-state index >= 15 is 0 Å². The number of carbonyl (C=O) groups is 2. The van der Waals surface area contributed by atoms with Gasteiger partial charge >= 0.3 is 11.9 Å². The monoisotopic (exact) mass is 215 g/mol. The molecule has 0 aliphatic carbocycles. The van der Waals surface area contributed by atoms with Gasteiger partial charge in [-0.3, -0.25) is 14.6 Å². The molecule has 0 fully saturated rings. The van der Waals surface area contributed by atoms with E-state index in [0.29, 0.717) is 19.4 Å². The van der Waals surface area contributed by atoms with Crippen LogP contribution in [0.2, 0.25) is 0 Å². The molecule has 0 amide bonds. The third-order valence-electron chi connectivity index (χ3n) is 1.84. The van der Waals surface area contributed by atoms with Crippen LogP contribution in [0.5, 0.6) is 0 Å². The summed E-state index contributed by atoms with van der Waals surface area (Å²) in [6.45, 7) is 2.22. The summed E-state index contributed by atoms with van der Waals surface area (Å²) < 4.78 is 8.96. The summed E-state index contributed by atoms with van der Waals surface area (Å²) in [4.78, 5) is 25.7. The molecule has 5 nitrogen and oxygen atoms in total. The Labute approximate surface area is 89.5 Å². The van der Waals surface area contributed by atoms with Gasteiger partial charge in [-0.05, 0) is 13.3 Å². The van der Waals surface area contributed by atoms with Crippen LogP contribution in [0.25, 0.3) is 0 Å². The fraction of sp³-hybridized carbons (Fsp3) is 0.700. The first-order valence-corrected chi connectivity index (χ1v) is 4.73. The summed E-state index contributed by atoms with van der Waals surface area (Å²) in [5.74, 6) is -0.531. The minimum atomic E-state index is -0.278. The lowest BCUT2D eigenvalue weighted by molar-refractivity contribution is -0.141. The summed E-state index contributed by atoms with van der Waals surface area (Å²) in [5, 5.41) is 0. The van der Waals surface area contributed by atoms with Crippen LogP contribution in [0.4, 0.5) is 0 Å². The van der Waals surface area contributed by atoms with Crippen molar-refractivity contribution in [2.24, 2.45) is 4.99 Å². The van der Waals surface area contributed by atoms with Crippen LogP contribution in [0.3, 0.4) is 0 Å². The number of nitrogens with zero attached hydrogens (tertiary/aromatic N) is 1. The van der Waals surface area contributed by atoms with E-state index in [1.165, 1.54) is 14.2 Å². The Morgan fingerprint density at radius 1 is 1.00 bits per heavy atom. The molecule has 0 bridgehead atoms. The Kier molecular flexibility index (Phi) is 7.23. The highest BCUT2D eigenvalue weighted by atomic mass is 16.5. The van der Waals surface area contributed by atoms with Gasteiger partial charge in [0.05, 0.1) is 27.1 Å². The third-order valence-corrected chi connectivity index (χ3v) is 1.84. The molecule has 86 valence electrons. The molecule has 0 spiro atoms. The Balaban J connectivity index is 3.70. The topological polar surface area (TPSA) is 65.0 Å². The molecule has 0 aliphatic rings. The predicted octanol–water partition coefficient (Wildman–Crippen LogP) is 0.964. The van der Waals surface area contributed by atoms with Crippen molar-refractivity contribution in [3.8, 4) is 0 Å². The molecule has 0 aromatic rings. The van der Waals surface area contributed by atoms with Gasteiger partial charge in [0.1, 0.15) is 0 Å². The molecule has 0 saturated heterocycles. The number of esters is 2.